The summed E-state index contributed by atoms with van der Waals surface area (Å²) in [5.74, 6) is -0.673. The molecule has 0 radical (unpaired) electrons. The highest BCUT2D eigenvalue weighted by molar-refractivity contribution is 7.98. The van der Waals surface area contributed by atoms with Crippen LogP contribution in [0, 0.1) is 5.82 Å². The molecule has 1 N–H and O–H groups in total. The molecule has 6 nitrogen and oxygen atoms in total. The molecule has 1 amide bonds. The van der Waals surface area contributed by atoms with Crippen LogP contribution < -0.4 is 14.4 Å². The predicted molar refractivity (Wildman–Crippen MR) is 125 cm³/mol. The minimum atomic E-state index is -4.09. The fourth-order valence-electron chi connectivity index (χ4n) is 2.98. The number of ether oxygens (including phenoxy) is 1. The Bertz CT molecular complexity index is 1170. The second-order valence-electron chi connectivity index (χ2n) is 6.64. The number of para-hydroxylation sites is 2. The number of hydrogen-bond acceptors (Lipinski definition) is 5. The van der Waals surface area contributed by atoms with Gasteiger partial charge in [-0.2, -0.15) is 0 Å². The second-order valence-corrected chi connectivity index (χ2v) is 9.38. The number of benzene rings is 3. The Balaban J connectivity index is 1.99. The topological polar surface area (TPSA) is 75.7 Å². The standard InChI is InChI=1S/C23H23FN2O4S2/c1-3-30-22-7-5-4-6-21(22)26(16-23(27)25-18-10-8-17(24)9-11-18)32(28,29)20-14-12-19(31-2)13-15-20/h4-15H,3,16H2,1-2H3,(H,25,27). The number of carbonyl (C=O) groups is 1. The Kier molecular flexibility index (Phi) is 7.76. The monoisotopic (exact) mass is 474 g/mol. The Hall–Kier alpha value is -3.04. The van der Waals surface area contributed by atoms with Crippen molar-refractivity contribution >= 4 is 39.1 Å². The summed E-state index contributed by atoms with van der Waals surface area (Å²) in [4.78, 5) is 13.7. The molecule has 0 bridgehead atoms. The molecule has 0 aliphatic heterocycles. The highest BCUT2D eigenvalue weighted by atomic mass is 32.2. The Morgan fingerprint density at radius 2 is 1.69 bits per heavy atom. The summed E-state index contributed by atoms with van der Waals surface area (Å²) in [6.07, 6.45) is 1.90. The third-order valence-corrected chi connectivity index (χ3v) is 7.01. The number of thioether (sulfide) groups is 1. The van der Waals surface area contributed by atoms with E-state index in [9.17, 15) is 17.6 Å². The first-order valence-corrected chi connectivity index (χ1v) is 12.5. The Labute approximate surface area is 191 Å². The summed E-state index contributed by atoms with van der Waals surface area (Å²) in [5, 5.41) is 2.61. The zero-order valence-electron chi connectivity index (χ0n) is 17.6. The smallest absolute Gasteiger partial charge is 0.264 e. The molecule has 0 atom stereocenters. The van der Waals surface area contributed by atoms with E-state index >= 15 is 0 Å². The van der Waals surface area contributed by atoms with Crippen LogP contribution in [-0.4, -0.2) is 33.7 Å². The van der Waals surface area contributed by atoms with E-state index in [1.54, 1.807) is 43.3 Å². The first-order valence-electron chi connectivity index (χ1n) is 9.79. The van der Waals surface area contributed by atoms with Crippen molar-refractivity contribution < 1.29 is 22.3 Å². The molecule has 0 fully saturated rings. The number of sulfonamides is 1. The number of rotatable bonds is 9. The van der Waals surface area contributed by atoms with Crippen LogP contribution in [0.5, 0.6) is 5.75 Å². The van der Waals surface area contributed by atoms with E-state index in [0.29, 0.717) is 18.0 Å². The molecule has 0 heterocycles. The van der Waals surface area contributed by atoms with Crippen molar-refractivity contribution in [2.24, 2.45) is 0 Å². The molecule has 32 heavy (non-hydrogen) atoms. The molecular weight excluding hydrogens is 451 g/mol. The Morgan fingerprint density at radius 3 is 2.31 bits per heavy atom. The van der Waals surface area contributed by atoms with Crippen LogP contribution in [0.15, 0.2) is 82.6 Å². The van der Waals surface area contributed by atoms with Gasteiger partial charge in [0.05, 0.1) is 17.2 Å². The molecule has 3 rings (SSSR count). The van der Waals surface area contributed by atoms with E-state index in [-0.39, 0.29) is 10.6 Å². The molecule has 0 aliphatic rings. The lowest BCUT2D eigenvalue weighted by molar-refractivity contribution is -0.114. The summed E-state index contributed by atoms with van der Waals surface area (Å²) >= 11 is 1.50. The van der Waals surface area contributed by atoms with Gasteiger partial charge < -0.3 is 10.1 Å². The third-order valence-electron chi connectivity index (χ3n) is 4.50. The van der Waals surface area contributed by atoms with Crippen LogP contribution in [0.2, 0.25) is 0 Å². The first-order chi connectivity index (χ1) is 15.3. The lowest BCUT2D eigenvalue weighted by Crippen LogP contribution is -2.38. The van der Waals surface area contributed by atoms with Crippen molar-refractivity contribution in [3.05, 3.63) is 78.6 Å². The number of nitrogens with zero attached hydrogens (tertiary/aromatic N) is 1. The molecule has 3 aromatic rings. The molecular formula is C23H23FN2O4S2. The number of amides is 1. The van der Waals surface area contributed by atoms with Gasteiger partial charge in [-0.1, -0.05) is 12.1 Å². The van der Waals surface area contributed by atoms with Crippen LogP contribution in [-0.2, 0) is 14.8 Å². The maximum Gasteiger partial charge on any atom is 0.264 e. The van der Waals surface area contributed by atoms with E-state index in [2.05, 4.69) is 5.32 Å². The van der Waals surface area contributed by atoms with Crippen molar-refractivity contribution in [3.63, 3.8) is 0 Å². The lowest BCUT2D eigenvalue weighted by atomic mass is 10.3. The maximum atomic E-state index is 13.6. The van der Waals surface area contributed by atoms with E-state index in [0.717, 1.165) is 9.20 Å². The first kappa shape index (κ1) is 23.6. The second kappa shape index (κ2) is 10.5. The number of anilines is 2. The van der Waals surface area contributed by atoms with Crippen molar-refractivity contribution in [3.8, 4) is 5.75 Å². The largest absolute Gasteiger partial charge is 0.492 e. The van der Waals surface area contributed by atoms with Crippen LogP contribution in [0.3, 0.4) is 0 Å². The van der Waals surface area contributed by atoms with Gasteiger partial charge in [0.15, 0.2) is 0 Å². The zero-order chi connectivity index (χ0) is 23.1. The van der Waals surface area contributed by atoms with Crippen molar-refractivity contribution in [2.75, 3.05) is 29.0 Å². The molecule has 0 saturated heterocycles. The third kappa shape index (κ3) is 5.60. The van der Waals surface area contributed by atoms with Crippen LogP contribution in [0.4, 0.5) is 15.8 Å². The van der Waals surface area contributed by atoms with Crippen LogP contribution >= 0.6 is 11.8 Å². The average molecular weight is 475 g/mol. The van der Waals surface area contributed by atoms with Crippen molar-refractivity contribution in [1.82, 2.24) is 0 Å². The van der Waals surface area contributed by atoms with E-state index in [1.165, 1.54) is 48.2 Å². The van der Waals surface area contributed by atoms with Gasteiger partial charge in [-0.3, -0.25) is 9.10 Å². The van der Waals surface area contributed by atoms with E-state index in [4.69, 9.17) is 4.74 Å². The van der Waals surface area contributed by atoms with Crippen LogP contribution in [0.1, 0.15) is 6.92 Å². The summed E-state index contributed by atoms with van der Waals surface area (Å²) in [7, 11) is -4.09. The highest BCUT2D eigenvalue weighted by Gasteiger charge is 2.29. The Morgan fingerprint density at radius 1 is 1.03 bits per heavy atom. The van der Waals surface area contributed by atoms with Gasteiger partial charge in [-0.05, 0) is 73.8 Å². The lowest BCUT2D eigenvalue weighted by Gasteiger charge is -2.26. The predicted octanol–water partition coefficient (Wildman–Crippen LogP) is 4.78. The summed E-state index contributed by atoms with van der Waals surface area (Å²) < 4.78 is 46.9. The fourth-order valence-corrected chi connectivity index (χ4v) is 4.82. The SMILES string of the molecule is CCOc1ccccc1N(CC(=O)Nc1ccc(F)cc1)S(=O)(=O)c1ccc(SC)cc1. The normalized spacial score (nSPS) is 11.1. The number of hydrogen-bond donors (Lipinski definition) is 1. The van der Waals surface area contributed by atoms with Crippen molar-refractivity contribution in [2.45, 2.75) is 16.7 Å². The number of halogens is 1. The summed E-state index contributed by atoms with van der Waals surface area (Å²) in [6, 6.07) is 18.3. The summed E-state index contributed by atoms with van der Waals surface area (Å²) in [6.45, 7) is 1.63. The molecule has 0 aliphatic carbocycles. The van der Waals surface area contributed by atoms with Gasteiger partial charge in [-0.25, -0.2) is 12.8 Å². The molecule has 0 aromatic heterocycles. The van der Waals surface area contributed by atoms with Crippen molar-refractivity contribution in [1.29, 1.82) is 0 Å². The van der Waals surface area contributed by atoms with E-state index < -0.39 is 28.3 Å². The van der Waals surface area contributed by atoms with Gasteiger partial charge >= 0.3 is 0 Å². The van der Waals surface area contributed by atoms with Gasteiger partial charge in [0.2, 0.25) is 5.91 Å². The number of nitrogens with one attached hydrogen (secondary N) is 1. The minimum Gasteiger partial charge on any atom is -0.492 e. The quantitative estimate of drug-likeness (QED) is 0.452. The van der Waals surface area contributed by atoms with Gasteiger partial charge in [0.25, 0.3) is 10.0 Å². The molecule has 0 unspecified atom stereocenters. The van der Waals surface area contributed by atoms with E-state index in [1.807, 2.05) is 6.26 Å². The van der Waals surface area contributed by atoms with Gasteiger partial charge in [-0.15, -0.1) is 11.8 Å². The fraction of sp³-hybridized carbons (Fsp3) is 0.174. The highest BCUT2D eigenvalue weighted by Crippen LogP contribution is 2.33. The van der Waals surface area contributed by atoms with Gasteiger partial charge in [0.1, 0.15) is 18.1 Å². The molecule has 0 saturated carbocycles. The number of carbonyl (C=O) groups excluding carboxylic acids is 1. The maximum absolute atomic E-state index is 13.6. The molecule has 9 heteroatoms. The molecule has 168 valence electrons. The molecule has 3 aromatic carbocycles. The van der Waals surface area contributed by atoms with Gasteiger partial charge in [0, 0.05) is 10.6 Å². The minimum absolute atomic E-state index is 0.0520. The average Bonchev–Trinajstić information content (AvgIpc) is 2.80. The van der Waals surface area contributed by atoms with Crippen LogP contribution in [0.25, 0.3) is 0 Å². The zero-order valence-corrected chi connectivity index (χ0v) is 19.3. The molecule has 0 spiro atoms. The summed E-state index contributed by atoms with van der Waals surface area (Å²) in [5.41, 5.74) is 0.605.